The number of hydrogen-bond acceptors (Lipinski definition) is 6. The second-order valence-electron chi connectivity index (χ2n) is 6.89. The van der Waals surface area contributed by atoms with Crippen molar-refractivity contribution in [1.29, 1.82) is 0 Å². The highest BCUT2D eigenvalue weighted by Crippen LogP contribution is 2.56. The fourth-order valence-electron chi connectivity index (χ4n) is 4.57. The summed E-state index contributed by atoms with van der Waals surface area (Å²) in [7, 11) is 0. The summed E-state index contributed by atoms with van der Waals surface area (Å²) >= 11 is 0. The first-order valence-corrected chi connectivity index (χ1v) is 8.78. The Morgan fingerprint density at radius 2 is 2.36 bits per heavy atom. The Kier molecular flexibility index (Phi) is 3.01. The Hall–Kier alpha value is -2.41. The Bertz CT molecular complexity index is 940. The summed E-state index contributed by atoms with van der Waals surface area (Å²) in [5, 5.41) is 0. The summed E-state index contributed by atoms with van der Waals surface area (Å²) in [4.78, 5) is 32.5. The van der Waals surface area contributed by atoms with Crippen LogP contribution in [0.4, 0.5) is 5.82 Å². The van der Waals surface area contributed by atoms with Gasteiger partial charge in [-0.15, -0.1) is 0 Å². The van der Waals surface area contributed by atoms with Crippen molar-refractivity contribution >= 4 is 17.4 Å². The lowest BCUT2D eigenvalue weighted by atomic mass is 9.94. The van der Waals surface area contributed by atoms with Crippen molar-refractivity contribution < 1.29 is 14.3 Å². The van der Waals surface area contributed by atoms with Crippen LogP contribution in [0.25, 0.3) is 5.65 Å². The maximum Gasteiger partial charge on any atom is 0.312 e. The highest BCUT2D eigenvalue weighted by molar-refractivity contribution is 5.76. The van der Waals surface area contributed by atoms with E-state index in [-0.39, 0.29) is 11.5 Å². The molecule has 2 saturated heterocycles. The predicted molar refractivity (Wildman–Crippen MR) is 89.3 cm³/mol. The summed E-state index contributed by atoms with van der Waals surface area (Å²) in [6.07, 6.45) is 3.46. The molecular weight excluding hydrogens is 322 g/mol. The first-order chi connectivity index (χ1) is 12.1. The molecule has 2 aromatic heterocycles. The lowest BCUT2D eigenvalue weighted by molar-refractivity contribution is -0.150. The molecule has 2 aromatic rings. The van der Waals surface area contributed by atoms with Gasteiger partial charge in [-0.25, -0.2) is 4.98 Å². The molecule has 0 radical (unpaired) electrons. The summed E-state index contributed by atoms with van der Waals surface area (Å²) in [6.45, 7) is 2.89. The number of ether oxygens (including phenoxy) is 2. The summed E-state index contributed by atoms with van der Waals surface area (Å²) in [6, 6.07) is 5.48. The smallest absolute Gasteiger partial charge is 0.312 e. The third kappa shape index (κ3) is 1.87. The zero-order chi connectivity index (χ0) is 17.2. The second-order valence-corrected chi connectivity index (χ2v) is 6.89. The molecule has 7 heteroatoms. The fourth-order valence-corrected chi connectivity index (χ4v) is 4.57. The van der Waals surface area contributed by atoms with Crippen LogP contribution in [0.15, 0.2) is 29.2 Å². The van der Waals surface area contributed by atoms with E-state index in [9.17, 15) is 9.59 Å². The quantitative estimate of drug-likeness (QED) is 0.773. The maximum absolute atomic E-state index is 13.1. The molecule has 3 atom stereocenters. The van der Waals surface area contributed by atoms with Gasteiger partial charge in [0, 0.05) is 19.2 Å². The van der Waals surface area contributed by atoms with Crippen molar-refractivity contribution in [3.63, 3.8) is 0 Å². The van der Waals surface area contributed by atoms with Gasteiger partial charge in [-0.3, -0.25) is 14.0 Å². The number of carbonyl (C=O) groups excluding carboxylic acids is 1. The Balaban J connectivity index is 1.75. The van der Waals surface area contributed by atoms with Crippen molar-refractivity contribution in [2.75, 3.05) is 18.1 Å². The minimum atomic E-state index is -0.583. The molecule has 1 spiro atoms. The van der Waals surface area contributed by atoms with Gasteiger partial charge in [0.15, 0.2) is 0 Å². The van der Waals surface area contributed by atoms with Crippen LogP contribution in [0.3, 0.4) is 0 Å². The SMILES string of the molecule is CCOC(=O)[C@H]1C[C@]23CCCN2c2nc4ccccn4c(=O)c2[C@H]1O3. The van der Waals surface area contributed by atoms with Crippen LogP contribution in [0, 0.1) is 5.92 Å². The standard InChI is InChI=1S/C18H19N3O4/c1-2-24-17(23)11-10-18-7-5-9-21(18)15-13(14(11)25-18)16(22)20-8-4-3-6-12(20)19-15/h3-4,6,8,11,14H,2,5,7,9-10H2,1H3/t11-,14-,18+/m0/s1. The number of anilines is 1. The zero-order valence-corrected chi connectivity index (χ0v) is 14.0. The van der Waals surface area contributed by atoms with Gasteiger partial charge in [0.2, 0.25) is 0 Å². The molecule has 3 aliphatic heterocycles. The van der Waals surface area contributed by atoms with Crippen LogP contribution in [-0.4, -0.2) is 34.2 Å². The van der Waals surface area contributed by atoms with Crippen LogP contribution in [0.5, 0.6) is 0 Å². The molecule has 0 saturated carbocycles. The van der Waals surface area contributed by atoms with E-state index in [4.69, 9.17) is 14.5 Å². The minimum Gasteiger partial charge on any atom is -0.466 e. The number of aromatic nitrogens is 2. The lowest BCUT2D eigenvalue weighted by Gasteiger charge is -2.40. The molecule has 0 amide bonds. The number of nitrogens with zero attached hydrogens (tertiary/aromatic N) is 3. The first-order valence-electron chi connectivity index (χ1n) is 8.78. The zero-order valence-electron chi connectivity index (χ0n) is 14.0. The topological polar surface area (TPSA) is 73.1 Å². The van der Waals surface area contributed by atoms with Crippen molar-refractivity contribution in [2.45, 2.75) is 38.0 Å². The molecule has 5 rings (SSSR count). The molecule has 2 fully saturated rings. The van der Waals surface area contributed by atoms with Gasteiger partial charge in [0.25, 0.3) is 5.56 Å². The molecule has 0 N–H and O–H groups in total. The maximum atomic E-state index is 13.1. The number of hydrogen-bond donors (Lipinski definition) is 0. The van der Waals surface area contributed by atoms with E-state index in [0.717, 1.165) is 19.4 Å². The van der Waals surface area contributed by atoms with Gasteiger partial charge < -0.3 is 14.4 Å². The Morgan fingerprint density at radius 1 is 1.48 bits per heavy atom. The third-order valence-corrected chi connectivity index (χ3v) is 5.57. The van der Waals surface area contributed by atoms with E-state index in [2.05, 4.69) is 4.90 Å². The van der Waals surface area contributed by atoms with Crippen molar-refractivity contribution in [1.82, 2.24) is 9.38 Å². The van der Waals surface area contributed by atoms with Gasteiger partial charge in [-0.05, 0) is 31.9 Å². The van der Waals surface area contributed by atoms with Gasteiger partial charge >= 0.3 is 5.97 Å². The molecule has 5 heterocycles. The average molecular weight is 341 g/mol. The number of fused-ring (bicyclic) bond motifs is 5. The molecule has 130 valence electrons. The van der Waals surface area contributed by atoms with E-state index < -0.39 is 17.7 Å². The fraction of sp³-hybridized carbons (Fsp3) is 0.500. The predicted octanol–water partition coefficient (Wildman–Crippen LogP) is 1.65. The summed E-state index contributed by atoms with van der Waals surface area (Å²) < 4.78 is 13.1. The molecule has 0 aliphatic carbocycles. The van der Waals surface area contributed by atoms with Crippen LogP contribution < -0.4 is 10.5 Å². The molecule has 2 bridgehead atoms. The first kappa shape index (κ1) is 14.9. The Morgan fingerprint density at radius 3 is 3.20 bits per heavy atom. The third-order valence-electron chi connectivity index (χ3n) is 5.57. The van der Waals surface area contributed by atoms with Crippen molar-refractivity contribution in [3.05, 3.63) is 40.3 Å². The molecule has 25 heavy (non-hydrogen) atoms. The van der Waals surface area contributed by atoms with Crippen LogP contribution in [0.2, 0.25) is 0 Å². The lowest BCUT2D eigenvalue weighted by Crippen LogP contribution is -2.48. The monoisotopic (exact) mass is 341 g/mol. The summed E-state index contributed by atoms with van der Waals surface area (Å²) in [5.74, 6) is -0.0727. The molecule has 0 unspecified atom stereocenters. The average Bonchev–Trinajstić information content (AvgIpc) is 3.18. The molecule has 0 aromatic carbocycles. The normalized spacial score (nSPS) is 29.6. The number of rotatable bonds is 2. The minimum absolute atomic E-state index is 0.165. The number of esters is 1. The highest BCUT2D eigenvalue weighted by atomic mass is 16.6. The van der Waals surface area contributed by atoms with E-state index in [1.54, 1.807) is 19.2 Å². The van der Waals surface area contributed by atoms with Crippen LogP contribution >= 0.6 is 0 Å². The van der Waals surface area contributed by atoms with Crippen LogP contribution in [0.1, 0.15) is 37.9 Å². The molecular formula is C18H19N3O4. The van der Waals surface area contributed by atoms with Gasteiger partial charge in [-0.2, -0.15) is 0 Å². The second kappa shape index (κ2) is 5.05. The number of carbonyl (C=O) groups is 1. The van der Waals surface area contributed by atoms with Crippen LogP contribution in [-0.2, 0) is 14.3 Å². The Labute approximate surface area is 144 Å². The van der Waals surface area contributed by atoms with Gasteiger partial charge in [0.1, 0.15) is 23.3 Å². The summed E-state index contributed by atoms with van der Waals surface area (Å²) in [5.41, 5.74) is 0.406. The van der Waals surface area contributed by atoms with Gasteiger partial charge in [0.05, 0.1) is 18.1 Å². The van der Waals surface area contributed by atoms with Crippen molar-refractivity contribution in [3.8, 4) is 0 Å². The molecule has 3 aliphatic rings. The largest absolute Gasteiger partial charge is 0.466 e. The van der Waals surface area contributed by atoms with Crippen molar-refractivity contribution in [2.24, 2.45) is 5.92 Å². The van der Waals surface area contributed by atoms with E-state index in [1.807, 2.05) is 12.1 Å². The van der Waals surface area contributed by atoms with Gasteiger partial charge in [-0.1, -0.05) is 6.07 Å². The molecule has 7 nitrogen and oxygen atoms in total. The number of pyridine rings is 1. The highest BCUT2D eigenvalue weighted by Gasteiger charge is 2.60. The van der Waals surface area contributed by atoms with E-state index in [1.165, 1.54) is 4.40 Å². The van der Waals surface area contributed by atoms with E-state index >= 15 is 0 Å². The van der Waals surface area contributed by atoms with E-state index in [0.29, 0.717) is 30.1 Å².